The summed E-state index contributed by atoms with van der Waals surface area (Å²) in [6, 6.07) is 11.8. The average Bonchev–Trinajstić information content (AvgIpc) is 3.36. The number of carboxylic acids is 1. The summed E-state index contributed by atoms with van der Waals surface area (Å²) >= 11 is 1.34. The molecule has 2 aromatic heterocycles. The van der Waals surface area contributed by atoms with Gasteiger partial charge in [0.1, 0.15) is 24.4 Å². The molecule has 0 spiro atoms. The molecule has 1 unspecified atom stereocenters. The Balaban J connectivity index is 1.93. The number of aromatic nitrogens is 1. The Morgan fingerprint density at radius 1 is 1.03 bits per heavy atom. The molecular formula is C24H22FN3O6S. The third kappa shape index (κ3) is 6.70. The number of halogens is 1. The van der Waals surface area contributed by atoms with E-state index in [-0.39, 0.29) is 12.1 Å². The van der Waals surface area contributed by atoms with Crippen molar-refractivity contribution in [2.75, 3.05) is 12.0 Å². The Hall–Kier alpha value is -4.12. The number of carbonyl (C=O) groups excluding carboxylic acids is 3. The molecule has 2 atom stereocenters. The fourth-order valence-corrected chi connectivity index (χ4v) is 4.10. The number of benzene rings is 1. The first kappa shape index (κ1) is 25.5. The number of aliphatic carboxylic acids is 1. The van der Waals surface area contributed by atoms with Crippen molar-refractivity contribution in [1.29, 1.82) is 0 Å². The van der Waals surface area contributed by atoms with Crippen molar-refractivity contribution in [2.24, 2.45) is 0 Å². The van der Waals surface area contributed by atoms with Crippen molar-refractivity contribution < 1.29 is 28.7 Å². The number of nitrogens with one attached hydrogen (secondary N) is 2. The molecule has 0 bridgehead atoms. The van der Waals surface area contributed by atoms with E-state index < -0.39 is 54.3 Å². The Morgan fingerprint density at radius 3 is 2.40 bits per heavy atom. The fraction of sp³-hybridized carbons (Fsp3) is 0.208. The zero-order valence-corrected chi connectivity index (χ0v) is 19.2. The molecule has 3 aromatic rings. The van der Waals surface area contributed by atoms with Crippen molar-refractivity contribution in [3.8, 4) is 0 Å². The van der Waals surface area contributed by atoms with Gasteiger partial charge in [-0.1, -0.05) is 24.3 Å². The minimum absolute atomic E-state index is 0.0447. The SMILES string of the molecule is O=C(O)CC(NC(=O)[C@H](Cc1cccs1)n1cccc(NC(=O)c2ccccc2)c1=O)C(=O)CF. The van der Waals surface area contributed by atoms with Gasteiger partial charge in [-0.3, -0.25) is 24.0 Å². The molecule has 1 aromatic carbocycles. The molecule has 0 fully saturated rings. The normalized spacial score (nSPS) is 12.4. The molecule has 3 N–H and O–H groups in total. The van der Waals surface area contributed by atoms with Gasteiger partial charge in [-0.05, 0) is 35.7 Å². The summed E-state index contributed by atoms with van der Waals surface area (Å²) in [4.78, 5) is 62.6. The Morgan fingerprint density at radius 2 is 1.77 bits per heavy atom. The van der Waals surface area contributed by atoms with E-state index in [0.29, 0.717) is 5.56 Å². The quantitative estimate of drug-likeness (QED) is 0.371. The van der Waals surface area contributed by atoms with E-state index in [1.165, 1.54) is 29.7 Å². The lowest BCUT2D eigenvalue weighted by molar-refractivity contribution is -0.140. The van der Waals surface area contributed by atoms with Gasteiger partial charge >= 0.3 is 5.97 Å². The molecule has 0 aliphatic rings. The number of alkyl halides is 1. The van der Waals surface area contributed by atoms with Crippen LogP contribution in [-0.4, -0.2) is 46.0 Å². The van der Waals surface area contributed by atoms with Crippen molar-refractivity contribution in [3.05, 3.63) is 87.0 Å². The standard InChI is InChI=1S/C24H22FN3O6S/c25-14-20(29)18(13-21(30)31)27-23(33)19(12-16-8-5-11-35-16)28-10-4-9-17(24(28)34)26-22(32)15-6-2-1-3-7-15/h1-11,18-19H,12-14H2,(H,26,32)(H,27,33)(H,30,31)/t18?,19-/m0/s1. The predicted octanol–water partition coefficient (Wildman–Crippen LogP) is 2.44. The van der Waals surface area contributed by atoms with E-state index in [9.17, 15) is 28.4 Å². The van der Waals surface area contributed by atoms with Gasteiger partial charge < -0.3 is 20.3 Å². The van der Waals surface area contributed by atoms with Crippen LogP contribution in [0, 0.1) is 0 Å². The van der Waals surface area contributed by atoms with Crippen LogP contribution in [-0.2, 0) is 20.8 Å². The number of thiophene rings is 1. The average molecular weight is 500 g/mol. The number of Topliss-reactive ketones (excluding diaryl/α,β-unsaturated/α-hetero) is 1. The molecule has 0 saturated carbocycles. The van der Waals surface area contributed by atoms with E-state index in [0.717, 1.165) is 9.44 Å². The summed E-state index contributed by atoms with van der Waals surface area (Å²) in [5.74, 6) is -3.84. The monoisotopic (exact) mass is 499 g/mol. The zero-order chi connectivity index (χ0) is 25.4. The van der Waals surface area contributed by atoms with Crippen LogP contribution >= 0.6 is 11.3 Å². The molecule has 0 aliphatic heterocycles. The van der Waals surface area contributed by atoms with Crippen molar-refractivity contribution in [1.82, 2.24) is 9.88 Å². The van der Waals surface area contributed by atoms with E-state index in [4.69, 9.17) is 5.11 Å². The highest BCUT2D eigenvalue weighted by atomic mass is 32.1. The second kappa shape index (κ2) is 11.8. The fourth-order valence-electron chi connectivity index (χ4n) is 3.35. The van der Waals surface area contributed by atoms with Crippen LogP contribution in [0.25, 0.3) is 0 Å². The van der Waals surface area contributed by atoms with Gasteiger partial charge in [-0.2, -0.15) is 0 Å². The number of hydrogen-bond acceptors (Lipinski definition) is 6. The molecule has 3 rings (SSSR count). The van der Waals surface area contributed by atoms with Crippen molar-refractivity contribution >= 4 is 40.6 Å². The van der Waals surface area contributed by atoms with Crippen LogP contribution in [0.1, 0.15) is 27.7 Å². The van der Waals surface area contributed by atoms with E-state index in [1.807, 2.05) is 0 Å². The van der Waals surface area contributed by atoms with Gasteiger partial charge in [0.15, 0.2) is 5.78 Å². The summed E-state index contributed by atoms with van der Waals surface area (Å²) in [5.41, 5.74) is -0.427. The minimum Gasteiger partial charge on any atom is -0.481 e. The number of rotatable bonds is 11. The highest BCUT2D eigenvalue weighted by Crippen LogP contribution is 2.19. The van der Waals surface area contributed by atoms with Gasteiger partial charge in [-0.25, -0.2) is 4.39 Å². The van der Waals surface area contributed by atoms with E-state index >= 15 is 0 Å². The maximum atomic E-state index is 13.2. The lowest BCUT2D eigenvalue weighted by atomic mass is 10.1. The van der Waals surface area contributed by atoms with Crippen LogP contribution in [0.3, 0.4) is 0 Å². The van der Waals surface area contributed by atoms with Crippen molar-refractivity contribution in [3.63, 3.8) is 0 Å². The smallest absolute Gasteiger partial charge is 0.305 e. The number of anilines is 1. The molecule has 35 heavy (non-hydrogen) atoms. The van der Waals surface area contributed by atoms with Gasteiger partial charge in [0, 0.05) is 23.1 Å². The molecule has 0 aliphatic carbocycles. The second-order valence-electron chi connectivity index (χ2n) is 7.51. The number of carbonyl (C=O) groups is 4. The van der Waals surface area contributed by atoms with Crippen LogP contribution in [0.15, 0.2) is 71.0 Å². The highest BCUT2D eigenvalue weighted by molar-refractivity contribution is 7.09. The predicted molar refractivity (Wildman–Crippen MR) is 127 cm³/mol. The largest absolute Gasteiger partial charge is 0.481 e. The molecule has 0 saturated heterocycles. The molecule has 0 radical (unpaired) electrons. The molecular weight excluding hydrogens is 477 g/mol. The van der Waals surface area contributed by atoms with Gasteiger partial charge in [0.05, 0.1) is 6.42 Å². The Kier molecular flexibility index (Phi) is 8.63. The minimum atomic E-state index is -1.59. The maximum absolute atomic E-state index is 13.2. The highest BCUT2D eigenvalue weighted by Gasteiger charge is 2.29. The molecule has 2 heterocycles. The lowest BCUT2D eigenvalue weighted by Crippen LogP contribution is -2.47. The molecule has 9 nitrogen and oxygen atoms in total. The lowest BCUT2D eigenvalue weighted by Gasteiger charge is -2.22. The first-order valence-electron chi connectivity index (χ1n) is 10.5. The molecule has 11 heteroatoms. The van der Waals surface area contributed by atoms with Gasteiger partial charge in [-0.15, -0.1) is 11.3 Å². The molecule has 182 valence electrons. The number of amides is 2. The summed E-state index contributed by atoms with van der Waals surface area (Å²) in [6.07, 6.45) is 0.590. The Labute approximate surface area is 203 Å². The maximum Gasteiger partial charge on any atom is 0.305 e. The van der Waals surface area contributed by atoms with Crippen LogP contribution in [0.5, 0.6) is 0 Å². The number of hydrogen-bond donors (Lipinski definition) is 3. The van der Waals surface area contributed by atoms with Crippen LogP contribution < -0.4 is 16.2 Å². The van der Waals surface area contributed by atoms with Crippen molar-refractivity contribution in [2.45, 2.75) is 24.9 Å². The number of carboxylic acid groups (broad SMARTS) is 1. The third-order valence-electron chi connectivity index (χ3n) is 5.09. The van der Waals surface area contributed by atoms with Gasteiger partial charge in [0.25, 0.3) is 11.5 Å². The van der Waals surface area contributed by atoms with Crippen LogP contribution in [0.2, 0.25) is 0 Å². The number of nitrogens with zero attached hydrogens (tertiary/aromatic N) is 1. The third-order valence-corrected chi connectivity index (χ3v) is 5.99. The number of pyridine rings is 1. The first-order valence-corrected chi connectivity index (χ1v) is 11.4. The van der Waals surface area contributed by atoms with E-state index in [2.05, 4.69) is 10.6 Å². The molecule has 2 amide bonds. The zero-order valence-electron chi connectivity index (χ0n) is 18.3. The summed E-state index contributed by atoms with van der Waals surface area (Å²) in [5, 5.41) is 15.6. The van der Waals surface area contributed by atoms with Crippen LogP contribution in [0.4, 0.5) is 10.1 Å². The Bertz CT molecular complexity index is 1260. The topological polar surface area (TPSA) is 135 Å². The van der Waals surface area contributed by atoms with E-state index in [1.54, 1.807) is 47.8 Å². The van der Waals surface area contributed by atoms with Gasteiger partial charge in [0.2, 0.25) is 5.91 Å². The first-order chi connectivity index (χ1) is 16.8. The number of ketones is 1. The summed E-state index contributed by atoms with van der Waals surface area (Å²) in [6.45, 7) is -1.45. The summed E-state index contributed by atoms with van der Waals surface area (Å²) in [7, 11) is 0. The summed E-state index contributed by atoms with van der Waals surface area (Å²) < 4.78 is 14.0. The second-order valence-corrected chi connectivity index (χ2v) is 8.54.